The van der Waals surface area contributed by atoms with Crippen molar-refractivity contribution in [3.05, 3.63) is 59.5 Å². The fourth-order valence-electron chi connectivity index (χ4n) is 2.25. The van der Waals surface area contributed by atoms with E-state index in [0.29, 0.717) is 16.4 Å². The Morgan fingerprint density at radius 1 is 1.20 bits per heavy atom. The van der Waals surface area contributed by atoms with Crippen LogP contribution in [0.3, 0.4) is 0 Å². The number of nitrogens with zero attached hydrogens (tertiary/aromatic N) is 3. The highest BCUT2D eigenvalue weighted by molar-refractivity contribution is 7.94. The van der Waals surface area contributed by atoms with E-state index >= 15 is 0 Å². The van der Waals surface area contributed by atoms with Crippen molar-refractivity contribution in [1.29, 1.82) is 0 Å². The quantitative estimate of drug-likeness (QED) is 0.739. The third kappa shape index (κ3) is 4.26. The van der Waals surface area contributed by atoms with Crippen LogP contribution < -0.4 is 4.72 Å². The maximum absolute atomic E-state index is 12.6. The summed E-state index contributed by atoms with van der Waals surface area (Å²) in [6.45, 7) is 6.71. The molecule has 0 saturated heterocycles. The molecule has 3 aromatic heterocycles. The topological polar surface area (TPSA) is 76.9 Å². The molecule has 0 radical (unpaired) electrons. The van der Waals surface area contributed by atoms with Crippen molar-refractivity contribution in [2.24, 2.45) is 0 Å². The van der Waals surface area contributed by atoms with Gasteiger partial charge < -0.3 is 0 Å². The van der Waals surface area contributed by atoms with E-state index in [-0.39, 0.29) is 5.41 Å². The van der Waals surface area contributed by atoms with Crippen molar-refractivity contribution in [1.82, 2.24) is 14.8 Å². The molecule has 0 aromatic carbocycles. The first kappa shape index (κ1) is 17.6. The largest absolute Gasteiger partial charge is 0.276 e. The van der Waals surface area contributed by atoms with Crippen molar-refractivity contribution < 1.29 is 8.42 Å². The van der Waals surface area contributed by atoms with E-state index in [2.05, 4.69) is 35.6 Å². The smallest absolute Gasteiger partial charge is 0.271 e. The van der Waals surface area contributed by atoms with Crippen molar-refractivity contribution in [3.63, 3.8) is 0 Å². The predicted octanol–water partition coefficient (Wildman–Crippen LogP) is 3.49. The summed E-state index contributed by atoms with van der Waals surface area (Å²) < 4.78 is 29.7. The average molecular weight is 377 g/mol. The third-order valence-corrected chi connectivity index (χ3v) is 6.92. The Balaban J connectivity index is 1.74. The van der Waals surface area contributed by atoms with E-state index in [4.69, 9.17) is 0 Å². The van der Waals surface area contributed by atoms with Gasteiger partial charge in [0.15, 0.2) is 0 Å². The molecule has 0 amide bonds. The summed E-state index contributed by atoms with van der Waals surface area (Å²) in [6.07, 6.45) is 6.64. The number of pyridine rings is 1. The molecule has 3 aromatic rings. The molecule has 0 aliphatic carbocycles. The van der Waals surface area contributed by atoms with Crippen LogP contribution in [-0.4, -0.2) is 23.2 Å². The molecule has 0 fully saturated rings. The molecule has 8 heteroatoms. The van der Waals surface area contributed by atoms with Gasteiger partial charge in [-0.25, -0.2) is 8.42 Å². The van der Waals surface area contributed by atoms with Gasteiger partial charge in [0.05, 0.1) is 18.4 Å². The molecule has 25 heavy (non-hydrogen) atoms. The van der Waals surface area contributed by atoms with Crippen LogP contribution in [0.25, 0.3) is 0 Å². The van der Waals surface area contributed by atoms with Gasteiger partial charge in [-0.1, -0.05) is 26.8 Å². The average Bonchev–Trinajstić information content (AvgIpc) is 3.17. The number of thiophene rings is 1. The molecular weight excluding hydrogens is 356 g/mol. The summed E-state index contributed by atoms with van der Waals surface area (Å²) in [7, 11) is -3.61. The molecule has 6 nitrogen and oxygen atoms in total. The Morgan fingerprint density at radius 2 is 2.00 bits per heavy atom. The predicted molar refractivity (Wildman–Crippen MR) is 99.4 cm³/mol. The van der Waals surface area contributed by atoms with Crippen LogP contribution in [0.1, 0.15) is 31.2 Å². The maximum atomic E-state index is 12.6. The molecule has 0 saturated carbocycles. The Morgan fingerprint density at radius 3 is 2.64 bits per heavy atom. The molecule has 0 aliphatic heterocycles. The van der Waals surface area contributed by atoms with Crippen LogP contribution in [0, 0.1) is 0 Å². The minimum absolute atomic E-state index is 0.0763. The first-order chi connectivity index (χ1) is 11.7. The molecule has 0 unspecified atom stereocenters. The van der Waals surface area contributed by atoms with Gasteiger partial charge in [0.1, 0.15) is 4.21 Å². The molecule has 3 heterocycles. The molecule has 0 bridgehead atoms. The fraction of sp³-hybridized carbons (Fsp3) is 0.294. The van der Waals surface area contributed by atoms with E-state index < -0.39 is 10.0 Å². The molecule has 0 aliphatic rings. The van der Waals surface area contributed by atoms with Crippen LogP contribution in [0.15, 0.2) is 53.3 Å². The second kappa shape index (κ2) is 6.61. The second-order valence-corrected chi connectivity index (χ2v) is 9.76. The molecule has 1 N–H and O–H groups in total. The Kier molecular flexibility index (Phi) is 4.66. The summed E-state index contributed by atoms with van der Waals surface area (Å²) in [4.78, 5) is 5.09. The van der Waals surface area contributed by atoms with Gasteiger partial charge in [-0.15, -0.1) is 11.3 Å². The lowest BCUT2D eigenvalue weighted by molar-refractivity contribution is 0.603. The van der Waals surface area contributed by atoms with E-state index in [0.717, 1.165) is 10.4 Å². The van der Waals surface area contributed by atoms with E-state index in [1.165, 1.54) is 17.5 Å². The van der Waals surface area contributed by atoms with Crippen LogP contribution in [0.5, 0.6) is 0 Å². The van der Waals surface area contributed by atoms with Gasteiger partial charge in [-0.3, -0.25) is 14.4 Å². The Hall–Kier alpha value is -2.19. The molecule has 132 valence electrons. The van der Waals surface area contributed by atoms with Gasteiger partial charge in [0.2, 0.25) is 0 Å². The normalized spacial score (nSPS) is 12.3. The second-order valence-electron chi connectivity index (χ2n) is 6.76. The van der Waals surface area contributed by atoms with Crippen LogP contribution in [0.4, 0.5) is 5.69 Å². The Labute approximate surface area is 151 Å². The molecule has 0 spiro atoms. The van der Waals surface area contributed by atoms with E-state index in [9.17, 15) is 8.42 Å². The maximum Gasteiger partial charge on any atom is 0.271 e. The first-order valence-electron chi connectivity index (χ1n) is 7.78. The number of sulfonamides is 1. The van der Waals surface area contributed by atoms with Crippen molar-refractivity contribution in [2.45, 2.75) is 36.9 Å². The zero-order valence-electron chi connectivity index (χ0n) is 14.3. The van der Waals surface area contributed by atoms with Crippen molar-refractivity contribution in [3.8, 4) is 0 Å². The van der Waals surface area contributed by atoms with E-state index in [1.54, 1.807) is 29.3 Å². The summed E-state index contributed by atoms with van der Waals surface area (Å²) in [5.74, 6) is 0. The molecule has 3 rings (SSSR count). The zero-order chi connectivity index (χ0) is 18.1. The lowest BCUT2D eigenvalue weighted by Crippen LogP contribution is -2.11. The summed E-state index contributed by atoms with van der Waals surface area (Å²) in [5, 5.41) is 4.20. The van der Waals surface area contributed by atoms with Crippen molar-refractivity contribution >= 4 is 27.0 Å². The van der Waals surface area contributed by atoms with Gasteiger partial charge in [-0.05, 0) is 29.2 Å². The minimum atomic E-state index is -3.61. The highest BCUT2D eigenvalue weighted by atomic mass is 32.2. The summed E-state index contributed by atoms with van der Waals surface area (Å²) >= 11 is 1.29. The monoisotopic (exact) mass is 376 g/mol. The summed E-state index contributed by atoms with van der Waals surface area (Å²) in [6, 6.07) is 7.31. The van der Waals surface area contributed by atoms with Crippen LogP contribution in [0.2, 0.25) is 0 Å². The van der Waals surface area contributed by atoms with Crippen molar-refractivity contribution in [2.75, 3.05) is 4.72 Å². The molecule has 0 atom stereocenters. The van der Waals surface area contributed by atoms with Crippen LogP contribution >= 0.6 is 11.3 Å². The lowest BCUT2D eigenvalue weighted by Gasteiger charge is -2.15. The number of rotatable bonds is 5. The highest BCUT2D eigenvalue weighted by Crippen LogP contribution is 2.32. The SMILES string of the molecule is CC(C)(C)c1ccc(S(=O)(=O)Nc2cnn(Cc3cccnc3)c2)s1. The van der Waals surface area contributed by atoms with Gasteiger partial charge >= 0.3 is 0 Å². The number of hydrogen-bond donors (Lipinski definition) is 1. The van der Waals surface area contributed by atoms with Gasteiger partial charge in [0, 0.05) is 23.5 Å². The number of hydrogen-bond acceptors (Lipinski definition) is 5. The van der Waals surface area contributed by atoms with E-state index in [1.807, 2.05) is 18.2 Å². The van der Waals surface area contributed by atoms with Gasteiger partial charge in [-0.2, -0.15) is 5.10 Å². The summed E-state index contributed by atoms with van der Waals surface area (Å²) in [5.41, 5.74) is 1.36. The number of anilines is 1. The van der Waals surface area contributed by atoms with Gasteiger partial charge in [0.25, 0.3) is 10.0 Å². The van der Waals surface area contributed by atoms with Crippen LogP contribution in [-0.2, 0) is 22.0 Å². The third-order valence-electron chi connectivity index (χ3n) is 3.54. The standard InChI is InChI=1S/C17H20N4O2S2/c1-17(2,3)15-6-7-16(24-15)25(22,23)20-14-10-19-21(12-14)11-13-5-4-8-18-9-13/h4-10,12,20H,11H2,1-3H3. The number of aromatic nitrogens is 3. The first-order valence-corrected chi connectivity index (χ1v) is 10.1. The molecular formula is C17H20N4O2S2. The number of nitrogens with one attached hydrogen (secondary N) is 1. The minimum Gasteiger partial charge on any atom is -0.276 e. The zero-order valence-corrected chi connectivity index (χ0v) is 15.9. The fourth-order valence-corrected chi connectivity index (χ4v) is 4.65. The Bertz CT molecular complexity index is 954. The highest BCUT2D eigenvalue weighted by Gasteiger charge is 2.22. The lowest BCUT2D eigenvalue weighted by atomic mass is 9.95.